The van der Waals surface area contributed by atoms with Gasteiger partial charge in [-0.15, -0.1) is 0 Å². The summed E-state index contributed by atoms with van der Waals surface area (Å²) in [6, 6.07) is 7.08. The van der Waals surface area contributed by atoms with Crippen LogP contribution in [0.3, 0.4) is 0 Å². The van der Waals surface area contributed by atoms with E-state index in [4.69, 9.17) is 5.26 Å². The first kappa shape index (κ1) is 24.0. The van der Waals surface area contributed by atoms with Gasteiger partial charge in [-0.05, 0) is 92.7 Å². The third-order valence-electron chi connectivity index (χ3n) is 7.79. The molecule has 2 saturated carbocycles. The fraction of sp³-hybridized carbons (Fsp3) is 0.679. The van der Waals surface area contributed by atoms with Crippen LogP contribution in [0.2, 0.25) is 0 Å². The van der Waals surface area contributed by atoms with Crippen molar-refractivity contribution in [2.24, 2.45) is 17.8 Å². The average Bonchev–Trinajstić information content (AvgIpc) is 2.81. The molecule has 0 saturated heterocycles. The van der Waals surface area contributed by atoms with Crippen LogP contribution >= 0.6 is 0 Å². The van der Waals surface area contributed by atoms with Crippen LogP contribution in [0.4, 0.5) is 8.78 Å². The van der Waals surface area contributed by atoms with E-state index >= 15 is 0 Å². The molecular formula is C28H39F2N. The minimum atomic E-state index is -0.370. The second-order valence-electron chi connectivity index (χ2n) is 9.91. The number of allylic oxidation sites excluding steroid dienone is 2. The van der Waals surface area contributed by atoms with Gasteiger partial charge in [-0.2, -0.15) is 5.26 Å². The third kappa shape index (κ3) is 7.74. The summed E-state index contributed by atoms with van der Waals surface area (Å²) < 4.78 is 26.0. The Morgan fingerprint density at radius 2 is 1.42 bits per heavy atom. The van der Waals surface area contributed by atoms with Crippen LogP contribution < -0.4 is 0 Å². The summed E-state index contributed by atoms with van der Waals surface area (Å²) >= 11 is 0. The molecule has 2 aliphatic rings. The highest BCUT2D eigenvalue weighted by molar-refractivity contribution is 5.34. The number of hydrogen-bond acceptors (Lipinski definition) is 1. The molecule has 0 unspecified atom stereocenters. The van der Waals surface area contributed by atoms with Crippen LogP contribution in [0.15, 0.2) is 30.4 Å². The van der Waals surface area contributed by atoms with E-state index < -0.39 is 0 Å². The van der Waals surface area contributed by atoms with Crippen molar-refractivity contribution >= 4 is 0 Å². The number of alkyl halides is 1. The lowest BCUT2D eigenvalue weighted by Gasteiger charge is -2.32. The Morgan fingerprint density at radius 3 is 2.00 bits per heavy atom. The molecule has 1 aromatic carbocycles. The van der Waals surface area contributed by atoms with Crippen LogP contribution in [0.5, 0.6) is 0 Å². The Morgan fingerprint density at radius 1 is 0.839 bits per heavy atom. The molecular weight excluding hydrogens is 388 g/mol. The molecule has 1 aromatic rings. The van der Waals surface area contributed by atoms with Crippen molar-refractivity contribution in [3.63, 3.8) is 0 Å². The number of unbranched alkanes of at least 4 members (excludes halogenated alkanes) is 1. The zero-order valence-electron chi connectivity index (χ0n) is 19.0. The highest BCUT2D eigenvalue weighted by Crippen LogP contribution is 2.40. The Kier molecular flexibility index (Phi) is 10.0. The maximum Gasteiger partial charge on any atom is 0.141 e. The van der Waals surface area contributed by atoms with Crippen molar-refractivity contribution in [1.82, 2.24) is 0 Å². The monoisotopic (exact) mass is 427 g/mol. The fourth-order valence-corrected chi connectivity index (χ4v) is 5.70. The van der Waals surface area contributed by atoms with E-state index in [1.165, 1.54) is 57.8 Å². The van der Waals surface area contributed by atoms with E-state index in [0.717, 1.165) is 49.0 Å². The van der Waals surface area contributed by atoms with Gasteiger partial charge in [-0.3, -0.25) is 4.39 Å². The second-order valence-corrected chi connectivity index (χ2v) is 9.91. The van der Waals surface area contributed by atoms with Crippen molar-refractivity contribution in [3.8, 4) is 6.07 Å². The van der Waals surface area contributed by atoms with Crippen LogP contribution in [-0.2, 0) is 0 Å². The number of halogens is 2. The van der Waals surface area contributed by atoms with Gasteiger partial charge in [-0.25, -0.2) is 4.39 Å². The van der Waals surface area contributed by atoms with Crippen molar-refractivity contribution in [1.29, 1.82) is 5.26 Å². The van der Waals surface area contributed by atoms with Gasteiger partial charge in [0.25, 0.3) is 0 Å². The second kappa shape index (κ2) is 13.0. The number of benzene rings is 1. The van der Waals surface area contributed by atoms with E-state index in [2.05, 4.69) is 12.2 Å². The van der Waals surface area contributed by atoms with E-state index in [1.807, 2.05) is 12.1 Å². The maximum absolute atomic E-state index is 13.9. The molecule has 0 amide bonds. The average molecular weight is 428 g/mol. The topological polar surface area (TPSA) is 23.8 Å². The number of hydrogen-bond donors (Lipinski definition) is 0. The van der Waals surface area contributed by atoms with Crippen molar-refractivity contribution in [3.05, 3.63) is 47.3 Å². The maximum atomic E-state index is 13.9. The summed E-state index contributed by atoms with van der Waals surface area (Å²) in [4.78, 5) is 0. The molecule has 3 heteroatoms. The van der Waals surface area contributed by atoms with Crippen LogP contribution in [-0.4, -0.2) is 6.67 Å². The molecule has 0 aromatic heterocycles. The molecule has 0 heterocycles. The van der Waals surface area contributed by atoms with Gasteiger partial charge in [0.1, 0.15) is 11.9 Å². The van der Waals surface area contributed by atoms with E-state index in [1.54, 1.807) is 12.1 Å². The van der Waals surface area contributed by atoms with Gasteiger partial charge in [0.15, 0.2) is 0 Å². The SMILES string of the molecule is N#Cc1ccc([C@H]2CC[C@H](CC[C@H]3CC[C@H](CC/C=C/CCCF)CC3)CC2)cc1F. The standard InChI is InChI=1S/C28H39F2N/c29-19-5-3-1-2-4-6-22-7-9-23(10-8-22)11-12-24-13-15-25(16-14-24)26-17-18-27(21-31)28(30)20-26/h1-2,17-18,20,22-25H,3-16,19H2/b2-1+/t22-,23-,24-,25-. The van der Waals surface area contributed by atoms with E-state index in [-0.39, 0.29) is 18.1 Å². The smallest absolute Gasteiger partial charge is 0.141 e. The highest BCUT2D eigenvalue weighted by Gasteiger charge is 2.25. The number of rotatable bonds is 10. The number of nitrogens with zero attached hydrogens (tertiary/aromatic N) is 1. The first-order valence-electron chi connectivity index (χ1n) is 12.6. The van der Waals surface area contributed by atoms with E-state index in [0.29, 0.717) is 12.3 Å². The normalized spacial score (nSPS) is 26.7. The molecule has 0 atom stereocenters. The van der Waals surface area contributed by atoms with Gasteiger partial charge < -0.3 is 0 Å². The minimum Gasteiger partial charge on any atom is -0.251 e. The summed E-state index contributed by atoms with van der Waals surface area (Å²) in [6.07, 6.45) is 21.6. The highest BCUT2D eigenvalue weighted by atomic mass is 19.1. The van der Waals surface area contributed by atoms with Gasteiger partial charge in [0.2, 0.25) is 0 Å². The molecule has 0 N–H and O–H groups in total. The van der Waals surface area contributed by atoms with Crippen LogP contribution in [0.1, 0.15) is 107 Å². The van der Waals surface area contributed by atoms with Gasteiger partial charge >= 0.3 is 0 Å². The summed E-state index contributed by atoms with van der Waals surface area (Å²) in [5, 5.41) is 8.91. The summed E-state index contributed by atoms with van der Waals surface area (Å²) in [5.74, 6) is 2.74. The zero-order chi connectivity index (χ0) is 21.9. The quantitative estimate of drug-likeness (QED) is 0.271. The van der Waals surface area contributed by atoms with Gasteiger partial charge in [-0.1, -0.05) is 56.7 Å². The Balaban J connectivity index is 1.29. The van der Waals surface area contributed by atoms with Crippen molar-refractivity contribution in [2.75, 3.05) is 6.67 Å². The van der Waals surface area contributed by atoms with Crippen molar-refractivity contribution in [2.45, 2.75) is 95.8 Å². The molecule has 1 nitrogen and oxygen atoms in total. The molecule has 2 aliphatic carbocycles. The Labute approximate surface area is 187 Å². The van der Waals surface area contributed by atoms with Gasteiger partial charge in [0, 0.05) is 0 Å². The predicted octanol–water partition coefficient (Wildman–Crippen LogP) is 8.64. The first-order valence-corrected chi connectivity index (χ1v) is 12.6. The van der Waals surface area contributed by atoms with Crippen LogP contribution in [0, 0.1) is 34.9 Å². The lowest BCUT2D eigenvalue weighted by Crippen LogP contribution is -2.18. The molecule has 31 heavy (non-hydrogen) atoms. The molecule has 170 valence electrons. The predicted molar refractivity (Wildman–Crippen MR) is 124 cm³/mol. The summed E-state index contributed by atoms with van der Waals surface area (Å²) in [5.41, 5.74) is 1.22. The van der Waals surface area contributed by atoms with E-state index in [9.17, 15) is 8.78 Å². The fourth-order valence-electron chi connectivity index (χ4n) is 5.70. The first-order chi connectivity index (χ1) is 15.2. The minimum absolute atomic E-state index is 0.150. The summed E-state index contributed by atoms with van der Waals surface area (Å²) in [6.45, 7) is -0.201. The Hall–Kier alpha value is -1.69. The molecule has 0 aliphatic heterocycles. The zero-order valence-corrected chi connectivity index (χ0v) is 19.0. The third-order valence-corrected chi connectivity index (χ3v) is 7.79. The molecule has 2 fully saturated rings. The molecule has 0 spiro atoms. The largest absolute Gasteiger partial charge is 0.251 e. The number of nitriles is 1. The summed E-state index contributed by atoms with van der Waals surface area (Å²) in [7, 11) is 0. The molecule has 0 bridgehead atoms. The van der Waals surface area contributed by atoms with Gasteiger partial charge in [0.05, 0.1) is 12.2 Å². The molecule has 3 rings (SSSR count). The molecule has 0 radical (unpaired) electrons. The van der Waals surface area contributed by atoms with Crippen LogP contribution in [0.25, 0.3) is 0 Å². The lowest BCUT2D eigenvalue weighted by atomic mass is 9.74. The Bertz CT molecular complexity index is 719. The van der Waals surface area contributed by atoms with Crippen molar-refractivity contribution < 1.29 is 8.78 Å². The lowest BCUT2D eigenvalue weighted by molar-refractivity contribution is 0.225.